The van der Waals surface area contributed by atoms with E-state index in [9.17, 15) is 4.79 Å². The highest BCUT2D eigenvalue weighted by Gasteiger charge is 2.60. The molecule has 98 valence electrons. The Bertz CT molecular complexity index is 316. The number of ether oxygens (including phenoxy) is 1. The zero-order valence-corrected chi connectivity index (χ0v) is 11.8. The molecule has 0 bridgehead atoms. The van der Waals surface area contributed by atoms with Crippen molar-refractivity contribution in [2.75, 3.05) is 13.7 Å². The molecule has 3 nitrogen and oxygen atoms in total. The van der Waals surface area contributed by atoms with Crippen LogP contribution in [0.1, 0.15) is 34.6 Å². The quantitative estimate of drug-likeness (QED) is 0.748. The Morgan fingerprint density at radius 2 is 2.06 bits per heavy atom. The van der Waals surface area contributed by atoms with Gasteiger partial charge in [-0.1, -0.05) is 25.5 Å². The minimum atomic E-state index is 0.0799. The largest absolute Gasteiger partial charge is 0.383 e. The van der Waals surface area contributed by atoms with Gasteiger partial charge in [-0.3, -0.25) is 4.79 Å². The zero-order chi connectivity index (χ0) is 13.2. The molecular formula is C14H25NO2. The van der Waals surface area contributed by atoms with E-state index in [-0.39, 0.29) is 23.3 Å². The van der Waals surface area contributed by atoms with E-state index >= 15 is 0 Å². The van der Waals surface area contributed by atoms with Crippen LogP contribution in [0.2, 0.25) is 0 Å². The van der Waals surface area contributed by atoms with E-state index in [4.69, 9.17) is 4.74 Å². The lowest BCUT2D eigenvalue weighted by Crippen LogP contribution is -2.37. The molecule has 1 amide bonds. The van der Waals surface area contributed by atoms with Crippen molar-refractivity contribution < 1.29 is 9.53 Å². The highest BCUT2D eigenvalue weighted by atomic mass is 16.5. The minimum absolute atomic E-state index is 0.0799. The molecule has 0 aliphatic heterocycles. The Morgan fingerprint density at radius 3 is 2.53 bits per heavy atom. The molecule has 0 heterocycles. The van der Waals surface area contributed by atoms with Crippen molar-refractivity contribution in [3.8, 4) is 0 Å². The van der Waals surface area contributed by atoms with Crippen LogP contribution in [0, 0.1) is 17.3 Å². The first-order valence-electron chi connectivity index (χ1n) is 6.25. The van der Waals surface area contributed by atoms with Gasteiger partial charge in [0.05, 0.1) is 12.5 Å². The van der Waals surface area contributed by atoms with Crippen LogP contribution in [0.3, 0.4) is 0 Å². The van der Waals surface area contributed by atoms with Crippen molar-refractivity contribution in [2.24, 2.45) is 17.3 Å². The van der Waals surface area contributed by atoms with Gasteiger partial charge in [-0.2, -0.15) is 0 Å². The smallest absolute Gasteiger partial charge is 0.224 e. The van der Waals surface area contributed by atoms with Crippen LogP contribution in [0.4, 0.5) is 0 Å². The fraction of sp³-hybridized carbons (Fsp3) is 0.786. The van der Waals surface area contributed by atoms with E-state index in [0.717, 1.165) is 0 Å². The van der Waals surface area contributed by atoms with Crippen LogP contribution >= 0.6 is 0 Å². The standard InChI is InChI=1S/C14H25NO2/c1-9(2)7-11-12(14(11,4)5)13(16)15-10(3)8-17-6/h7,10-12H,8H2,1-6H3,(H,15,16)/t10-,11-,12-/m1/s1. The Hall–Kier alpha value is -0.830. The summed E-state index contributed by atoms with van der Waals surface area (Å²) >= 11 is 0. The van der Waals surface area contributed by atoms with Crippen LogP contribution in [-0.4, -0.2) is 25.7 Å². The van der Waals surface area contributed by atoms with Gasteiger partial charge in [-0.05, 0) is 32.1 Å². The Labute approximate surface area is 105 Å². The first-order valence-corrected chi connectivity index (χ1v) is 6.25. The molecule has 1 rings (SSSR count). The van der Waals surface area contributed by atoms with Crippen LogP contribution in [0.15, 0.2) is 11.6 Å². The average molecular weight is 239 g/mol. The number of carbonyl (C=O) groups excluding carboxylic acids is 1. The van der Waals surface area contributed by atoms with Crippen LogP contribution in [-0.2, 0) is 9.53 Å². The van der Waals surface area contributed by atoms with Gasteiger partial charge in [0.2, 0.25) is 5.91 Å². The molecule has 0 aromatic carbocycles. The van der Waals surface area contributed by atoms with Crippen molar-refractivity contribution in [1.29, 1.82) is 0 Å². The first kappa shape index (κ1) is 14.2. The molecule has 0 unspecified atom stereocenters. The summed E-state index contributed by atoms with van der Waals surface area (Å²) in [5, 5.41) is 3.01. The highest BCUT2D eigenvalue weighted by Crippen LogP contribution is 2.59. The van der Waals surface area contributed by atoms with Crippen molar-refractivity contribution in [1.82, 2.24) is 5.32 Å². The maximum Gasteiger partial charge on any atom is 0.224 e. The van der Waals surface area contributed by atoms with E-state index in [1.165, 1.54) is 5.57 Å². The fourth-order valence-electron chi connectivity index (χ4n) is 2.47. The van der Waals surface area contributed by atoms with E-state index in [0.29, 0.717) is 12.5 Å². The third-order valence-electron chi connectivity index (χ3n) is 3.51. The molecule has 1 aliphatic rings. The number of rotatable bonds is 5. The molecule has 3 heteroatoms. The summed E-state index contributed by atoms with van der Waals surface area (Å²) in [6.45, 7) is 11.0. The summed E-state index contributed by atoms with van der Waals surface area (Å²) in [5.74, 6) is 0.640. The van der Waals surface area contributed by atoms with Gasteiger partial charge >= 0.3 is 0 Å². The van der Waals surface area contributed by atoms with E-state index in [1.807, 2.05) is 6.92 Å². The molecular weight excluding hydrogens is 214 g/mol. The summed E-state index contributed by atoms with van der Waals surface area (Å²) in [6, 6.07) is 0.0799. The molecule has 17 heavy (non-hydrogen) atoms. The topological polar surface area (TPSA) is 38.3 Å². The normalized spacial score (nSPS) is 27.2. The summed E-state index contributed by atoms with van der Waals surface area (Å²) in [5.41, 5.74) is 1.37. The van der Waals surface area contributed by atoms with Gasteiger partial charge < -0.3 is 10.1 Å². The Morgan fingerprint density at radius 1 is 1.47 bits per heavy atom. The van der Waals surface area contributed by atoms with Crippen molar-refractivity contribution in [3.05, 3.63) is 11.6 Å². The van der Waals surface area contributed by atoms with Gasteiger partial charge in [0.25, 0.3) is 0 Å². The van der Waals surface area contributed by atoms with Gasteiger partial charge in [-0.25, -0.2) is 0 Å². The average Bonchev–Trinajstić information content (AvgIpc) is 2.66. The maximum absolute atomic E-state index is 12.1. The number of allylic oxidation sites excluding steroid dienone is 2. The zero-order valence-electron chi connectivity index (χ0n) is 11.8. The third kappa shape index (κ3) is 3.32. The lowest BCUT2D eigenvalue weighted by atomic mass is 10.1. The van der Waals surface area contributed by atoms with Crippen LogP contribution < -0.4 is 5.32 Å². The first-order chi connectivity index (χ1) is 7.80. The summed E-state index contributed by atoms with van der Waals surface area (Å²) in [6.07, 6.45) is 2.21. The highest BCUT2D eigenvalue weighted by molar-refractivity contribution is 5.83. The predicted molar refractivity (Wildman–Crippen MR) is 69.7 cm³/mol. The minimum Gasteiger partial charge on any atom is -0.383 e. The molecule has 0 saturated heterocycles. The number of nitrogens with one attached hydrogen (secondary N) is 1. The lowest BCUT2D eigenvalue weighted by Gasteiger charge is -2.13. The molecule has 3 atom stereocenters. The maximum atomic E-state index is 12.1. The predicted octanol–water partition coefficient (Wildman–Crippen LogP) is 2.38. The van der Waals surface area contributed by atoms with Crippen molar-refractivity contribution in [3.63, 3.8) is 0 Å². The molecule has 1 saturated carbocycles. The molecule has 1 aliphatic carbocycles. The molecule has 0 aromatic heterocycles. The van der Waals surface area contributed by atoms with Crippen molar-refractivity contribution >= 4 is 5.91 Å². The van der Waals surface area contributed by atoms with Gasteiger partial charge in [0.15, 0.2) is 0 Å². The Kier molecular flexibility index (Phi) is 4.36. The van der Waals surface area contributed by atoms with E-state index in [1.54, 1.807) is 7.11 Å². The third-order valence-corrected chi connectivity index (χ3v) is 3.51. The molecule has 1 fully saturated rings. The lowest BCUT2D eigenvalue weighted by molar-refractivity contribution is -0.124. The van der Waals surface area contributed by atoms with Gasteiger partial charge in [0.1, 0.15) is 0 Å². The summed E-state index contributed by atoms with van der Waals surface area (Å²) in [7, 11) is 1.65. The van der Waals surface area contributed by atoms with Gasteiger partial charge in [0, 0.05) is 13.2 Å². The number of carbonyl (C=O) groups is 1. The number of methoxy groups -OCH3 is 1. The second-order valence-corrected chi connectivity index (χ2v) is 5.93. The monoisotopic (exact) mass is 239 g/mol. The SMILES string of the molecule is COC[C@@H](C)NC(=O)[C@H]1[C@@H](C=C(C)C)C1(C)C. The second-order valence-electron chi connectivity index (χ2n) is 5.93. The number of hydrogen-bond acceptors (Lipinski definition) is 2. The fourth-order valence-corrected chi connectivity index (χ4v) is 2.47. The molecule has 0 spiro atoms. The second kappa shape index (κ2) is 5.21. The summed E-state index contributed by atoms with van der Waals surface area (Å²) < 4.78 is 5.02. The van der Waals surface area contributed by atoms with Crippen LogP contribution in [0.25, 0.3) is 0 Å². The number of amides is 1. The molecule has 0 aromatic rings. The van der Waals surface area contributed by atoms with E-state index in [2.05, 4.69) is 39.1 Å². The van der Waals surface area contributed by atoms with Crippen LogP contribution in [0.5, 0.6) is 0 Å². The molecule has 0 radical (unpaired) electrons. The van der Waals surface area contributed by atoms with Crippen molar-refractivity contribution in [2.45, 2.75) is 40.7 Å². The van der Waals surface area contributed by atoms with E-state index < -0.39 is 0 Å². The summed E-state index contributed by atoms with van der Waals surface area (Å²) in [4.78, 5) is 12.1. The molecule has 1 N–H and O–H groups in total. The van der Waals surface area contributed by atoms with Gasteiger partial charge in [-0.15, -0.1) is 0 Å². The number of hydrogen-bond donors (Lipinski definition) is 1. The Balaban J connectivity index is 2.57.